The number of thiophene rings is 2. The first-order chi connectivity index (χ1) is 38.8. The molecule has 4 nitrogen and oxygen atoms in total. The van der Waals surface area contributed by atoms with Crippen LogP contribution in [-0.4, -0.2) is 6.71 Å². The smallest absolute Gasteiger partial charge is 0.256 e. The number of hydrogen-bond donors (Lipinski definition) is 0. The third-order valence-electron chi connectivity index (χ3n) is 17.0. The average molecular weight is 1070 g/mol. The van der Waals surface area contributed by atoms with Gasteiger partial charge in [-0.2, -0.15) is 0 Å². The van der Waals surface area contributed by atoms with Crippen LogP contribution >= 0.6 is 22.7 Å². The molecule has 7 heteroatoms. The lowest BCUT2D eigenvalue weighted by Crippen LogP contribution is -2.60. The Morgan fingerprint density at radius 3 is 1.24 bits per heavy atom. The van der Waals surface area contributed by atoms with Gasteiger partial charge in [0, 0.05) is 53.8 Å². The maximum Gasteiger partial charge on any atom is 0.256 e. The molecule has 0 atom stereocenters. The molecule has 0 amide bonds. The molecule has 15 rings (SSSR count). The normalized spacial score (nSPS) is 13.3. The van der Waals surface area contributed by atoms with Gasteiger partial charge in [-0.25, -0.2) is 0 Å². The minimum absolute atomic E-state index is 0.0703. The summed E-state index contributed by atoms with van der Waals surface area (Å²) in [4.78, 5) is 5.35. The fraction of sp³-hybridized carbons (Fsp3) is 0.151. The van der Waals surface area contributed by atoms with Crippen molar-refractivity contribution >= 4 is 121 Å². The highest BCUT2D eigenvalue weighted by molar-refractivity contribution is 7.29. The van der Waals surface area contributed by atoms with Gasteiger partial charge in [0.1, 0.15) is 11.2 Å². The molecule has 0 radical (unpaired) electrons. The number of hydrogen-bond acceptors (Lipinski definition) is 6. The summed E-state index contributed by atoms with van der Waals surface area (Å²) in [5.74, 6) is 0.212. The second-order valence-electron chi connectivity index (χ2n) is 24.3. The van der Waals surface area contributed by atoms with Crippen molar-refractivity contribution < 1.29 is 8.83 Å². The van der Waals surface area contributed by atoms with E-state index in [4.69, 9.17) is 8.83 Å². The Morgan fingerprint density at radius 2 is 0.812 bits per heavy atom. The average Bonchev–Trinajstić information content (AvgIpc) is 4.42. The Kier molecular flexibility index (Phi) is 11.0. The molecule has 9 aromatic carbocycles. The molecule has 0 saturated carbocycles. The quantitative estimate of drug-likeness (QED) is 0.149. The first-order valence-electron chi connectivity index (χ1n) is 28.0. The van der Waals surface area contributed by atoms with Gasteiger partial charge in [0.15, 0.2) is 0 Å². The molecule has 0 spiro atoms. The van der Waals surface area contributed by atoms with Gasteiger partial charge >= 0.3 is 0 Å². The Balaban J connectivity index is 1.11. The van der Waals surface area contributed by atoms with E-state index in [2.05, 4.69) is 259 Å². The molecule has 388 valence electrons. The van der Waals surface area contributed by atoms with Crippen molar-refractivity contribution in [3.8, 4) is 44.5 Å². The third kappa shape index (κ3) is 7.61. The van der Waals surface area contributed by atoms with Crippen LogP contribution in [0.25, 0.3) is 86.6 Å². The monoisotopic (exact) mass is 1070 g/mol. The Bertz CT molecular complexity index is 4330. The van der Waals surface area contributed by atoms with Crippen LogP contribution in [0.4, 0.5) is 32.8 Å². The largest absolute Gasteiger partial charge is 0.464 e. The predicted octanol–water partition coefficient (Wildman–Crippen LogP) is 20.1. The fourth-order valence-corrected chi connectivity index (χ4v) is 15.2. The minimum atomic E-state index is -0.103. The van der Waals surface area contributed by atoms with Crippen molar-refractivity contribution in [2.75, 3.05) is 9.80 Å². The number of fused-ring (bicyclic) bond motifs is 10. The predicted molar refractivity (Wildman–Crippen MR) is 344 cm³/mol. The van der Waals surface area contributed by atoms with Crippen LogP contribution < -0.4 is 26.2 Å². The summed E-state index contributed by atoms with van der Waals surface area (Å²) < 4.78 is 15.2. The first-order valence-corrected chi connectivity index (χ1v) is 29.6. The highest BCUT2D eigenvalue weighted by Gasteiger charge is 2.48. The number of rotatable bonds is 7. The van der Waals surface area contributed by atoms with E-state index in [9.17, 15) is 0 Å². The van der Waals surface area contributed by atoms with Crippen LogP contribution in [0.5, 0.6) is 0 Å². The summed E-state index contributed by atoms with van der Waals surface area (Å²) in [7, 11) is 0. The molecule has 6 heterocycles. The number of anilines is 6. The van der Waals surface area contributed by atoms with E-state index in [0.29, 0.717) is 0 Å². The fourth-order valence-electron chi connectivity index (χ4n) is 12.7. The maximum absolute atomic E-state index is 6.31. The molecule has 80 heavy (non-hydrogen) atoms. The van der Waals surface area contributed by atoms with Crippen LogP contribution in [0.3, 0.4) is 0 Å². The van der Waals surface area contributed by atoms with Gasteiger partial charge < -0.3 is 18.6 Å². The van der Waals surface area contributed by atoms with Crippen molar-refractivity contribution in [3.05, 3.63) is 223 Å². The van der Waals surface area contributed by atoms with E-state index in [-0.39, 0.29) is 23.5 Å². The van der Waals surface area contributed by atoms with Crippen molar-refractivity contribution in [1.82, 2.24) is 0 Å². The van der Waals surface area contributed by atoms with Gasteiger partial charge in [-0.15, -0.1) is 22.7 Å². The summed E-state index contributed by atoms with van der Waals surface area (Å²) in [5.41, 5.74) is 23.3. The van der Waals surface area contributed by atoms with Crippen LogP contribution in [0.1, 0.15) is 78.0 Å². The van der Waals surface area contributed by atoms with Crippen LogP contribution in [-0.2, 0) is 10.8 Å². The molecular weight excluding hydrogens is 1010 g/mol. The summed E-state index contributed by atoms with van der Waals surface area (Å²) >= 11 is 3.87. The van der Waals surface area contributed by atoms with E-state index in [1.54, 1.807) is 0 Å². The molecule has 0 fully saturated rings. The van der Waals surface area contributed by atoms with E-state index >= 15 is 0 Å². The van der Waals surface area contributed by atoms with E-state index in [1.807, 2.05) is 35.2 Å². The molecule has 0 bridgehead atoms. The second kappa shape index (κ2) is 18.1. The molecule has 0 aliphatic carbocycles. The number of furan rings is 2. The van der Waals surface area contributed by atoms with Gasteiger partial charge in [0.25, 0.3) is 6.71 Å². The number of para-hydroxylation sites is 2. The van der Waals surface area contributed by atoms with Crippen molar-refractivity contribution in [3.63, 3.8) is 0 Å². The summed E-state index contributed by atoms with van der Waals surface area (Å²) in [6, 6.07) is 72.7. The lowest BCUT2D eigenvalue weighted by atomic mass is 9.33. The van der Waals surface area contributed by atoms with Gasteiger partial charge in [-0.3, -0.25) is 0 Å². The van der Waals surface area contributed by atoms with Gasteiger partial charge in [-0.1, -0.05) is 201 Å². The zero-order valence-electron chi connectivity index (χ0n) is 46.3. The van der Waals surface area contributed by atoms with Gasteiger partial charge in [0.2, 0.25) is 0 Å². The molecule has 4 aromatic heterocycles. The van der Waals surface area contributed by atoms with E-state index in [0.717, 1.165) is 55.6 Å². The number of benzene rings is 9. The SMILES string of the molecule is CC(C)c1cc2c3c(c1)N(c1cc(-c4coc5ccccc45)ccc1-c1ccccc1)c1sc4ccc(C(C)(C)C)cc4c1B3c1c(sc3ccc(C(C)(C)C)cc13)N2c1cc(-c2coc3ccccc23)ccc1-c1ccccc1. The van der Waals surface area contributed by atoms with Crippen molar-refractivity contribution in [2.45, 2.75) is 72.1 Å². The molecule has 0 saturated heterocycles. The zero-order valence-corrected chi connectivity index (χ0v) is 47.9. The standard InChI is InChI=1S/C73H59BN2O2S2/c1-43(2)48-37-61-69-62(38-48)76(60-36-47(28-32-52(60)45-21-13-10-14-22-45)58-42-78-64-26-18-16-24-54(58)64)71-68(56-40-50(73(6,7)8)30-34-66(56)80-71)74(69)67-55-39-49(72(3,4)5)29-33-65(55)79-70(67)75(61)59-35-46(27-31-51(59)44-19-11-9-12-20-44)57-41-77-63-25-17-15-23-53(57)63/h9-43H,1-8H3. The molecule has 2 aliphatic rings. The molecule has 0 unspecified atom stereocenters. The highest BCUT2D eigenvalue weighted by atomic mass is 32.1. The lowest BCUT2D eigenvalue weighted by Gasteiger charge is -2.43. The highest BCUT2D eigenvalue weighted by Crippen LogP contribution is 2.55. The van der Waals surface area contributed by atoms with Crippen LogP contribution in [0.15, 0.2) is 215 Å². The van der Waals surface area contributed by atoms with Gasteiger partial charge in [-0.05, 0) is 131 Å². The third-order valence-corrected chi connectivity index (χ3v) is 19.3. The Hall–Kier alpha value is -8.36. The molecule has 13 aromatic rings. The topological polar surface area (TPSA) is 32.8 Å². The van der Waals surface area contributed by atoms with E-state index in [1.165, 1.54) is 96.9 Å². The molecule has 0 N–H and O–H groups in total. The first kappa shape index (κ1) is 48.7. The van der Waals surface area contributed by atoms with Crippen LogP contribution in [0, 0.1) is 0 Å². The lowest BCUT2D eigenvalue weighted by molar-refractivity contribution is 0.591. The summed E-state index contributed by atoms with van der Waals surface area (Å²) in [6.07, 6.45) is 3.88. The minimum Gasteiger partial charge on any atom is -0.464 e. The van der Waals surface area contributed by atoms with Gasteiger partial charge in [0.05, 0.1) is 33.9 Å². The maximum atomic E-state index is 6.31. The van der Waals surface area contributed by atoms with Crippen molar-refractivity contribution in [2.24, 2.45) is 0 Å². The van der Waals surface area contributed by atoms with E-state index < -0.39 is 0 Å². The summed E-state index contributed by atoms with van der Waals surface area (Å²) in [5, 5.41) is 7.35. The molecule has 2 aliphatic heterocycles. The number of nitrogens with zero attached hydrogens (tertiary/aromatic N) is 2. The Morgan fingerprint density at radius 1 is 0.388 bits per heavy atom. The van der Waals surface area contributed by atoms with Crippen LogP contribution in [0.2, 0.25) is 0 Å². The Labute approximate surface area is 476 Å². The zero-order chi connectivity index (χ0) is 54.3. The van der Waals surface area contributed by atoms with Crippen molar-refractivity contribution in [1.29, 1.82) is 0 Å². The summed E-state index contributed by atoms with van der Waals surface area (Å²) in [6.45, 7) is 18.7. The second-order valence-corrected chi connectivity index (χ2v) is 26.3. The molecular formula is C73H59BN2O2S2.